The van der Waals surface area contributed by atoms with Crippen LogP contribution in [0.4, 0.5) is 0 Å². The molecule has 1 aliphatic rings. The second-order valence-electron chi connectivity index (χ2n) is 4.03. The molecule has 1 amide bonds. The molecule has 0 bridgehead atoms. The van der Waals surface area contributed by atoms with Crippen LogP contribution in [0.2, 0.25) is 0 Å². The van der Waals surface area contributed by atoms with E-state index < -0.39 is 0 Å². The van der Waals surface area contributed by atoms with Crippen molar-refractivity contribution in [2.24, 2.45) is 5.73 Å². The van der Waals surface area contributed by atoms with Gasteiger partial charge >= 0.3 is 0 Å². The second kappa shape index (κ2) is 11.1. The lowest BCUT2D eigenvalue weighted by molar-refractivity contribution is -0.131. The zero-order valence-corrected chi connectivity index (χ0v) is 11.3. The molecule has 0 aromatic heterocycles. The van der Waals surface area contributed by atoms with Gasteiger partial charge in [-0.25, -0.2) is 0 Å². The van der Waals surface area contributed by atoms with E-state index in [2.05, 4.69) is 0 Å². The highest BCUT2D eigenvalue weighted by atomic mass is 16.6. The third kappa shape index (κ3) is 8.12. The molecule has 2 N–H and O–H groups in total. The fourth-order valence-electron chi connectivity index (χ4n) is 1.60. The van der Waals surface area contributed by atoms with Crippen LogP contribution < -0.4 is 5.73 Å². The Kier molecular flexibility index (Phi) is 9.56. The Morgan fingerprint density at radius 2 is 1.16 bits per heavy atom. The van der Waals surface area contributed by atoms with Crippen molar-refractivity contribution in [1.82, 2.24) is 4.90 Å². The van der Waals surface area contributed by atoms with Crippen LogP contribution in [0.25, 0.3) is 0 Å². The van der Waals surface area contributed by atoms with Gasteiger partial charge < -0.3 is 29.6 Å². The molecular weight excluding hydrogens is 252 g/mol. The Balaban J connectivity index is 2.31. The Bertz CT molecular complexity index is 224. The first kappa shape index (κ1) is 16.3. The molecule has 112 valence electrons. The van der Waals surface area contributed by atoms with E-state index in [9.17, 15) is 4.79 Å². The lowest BCUT2D eigenvalue weighted by Crippen LogP contribution is -2.40. The van der Waals surface area contributed by atoms with Gasteiger partial charge in [-0.15, -0.1) is 0 Å². The summed E-state index contributed by atoms with van der Waals surface area (Å²) in [6.07, 6.45) is 0. The predicted molar refractivity (Wildman–Crippen MR) is 68.9 cm³/mol. The van der Waals surface area contributed by atoms with E-state index in [1.165, 1.54) is 0 Å². The molecule has 0 spiro atoms. The Labute approximate surface area is 113 Å². The van der Waals surface area contributed by atoms with Crippen LogP contribution in [0.3, 0.4) is 0 Å². The number of hydrogen-bond donors (Lipinski definition) is 1. The molecule has 0 aromatic carbocycles. The zero-order chi connectivity index (χ0) is 13.8. The van der Waals surface area contributed by atoms with Crippen LogP contribution >= 0.6 is 0 Å². The molecule has 1 saturated heterocycles. The molecule has 7 nitrogen and oxygen atoms in total. The molecule has 0 aliphatic carbocycles. The van der Waals surface area contributed by atoms with Crippen LogP contribution in [0, 0.1) is 0 Å². The summed E-state index contributed by atoms with van der Waals surface area (Å²) in [5, 5.41) is 0. The fraction of sp³-hybridized carbons (Fsp3) is 0.917. The lowest BCUT2D eigenvalue weighted by atomic mass is 10.4. The first-order chi connectivity index (χ1) is 9.34. The maximum absolute atomic E-state index is 11.6. The van der Waals surface area contributed by atoms with Crippen molar-refractivity contribution < 1.29 is 23.7 Å². The van der Waals surface area contributed by atoms with E-state index in [1.807, 2.05) is 0 Å². The molecule has 0 saturated carbocycles. The molecule has 7 heteroatoms. The minimum Gasteiger partial charge on any atom is -0.377 e. The Morgan fingerprint density at radius 3 is 1.53 bits per heavy atom. The third-order valence-electron chi connectivity index (χ3n) is 2.65. The number of carbonyl (C=O) groups is 1. The highest BCUT2D eigenvalue weighted by molar-refractivity contribution is 5.77. The largest absolute Gasteiger partial charge is 0.377 e. The number of ether oxygens (including phenoxy) is 4. The summed E-state index contributed by atoms with van der Waals surface area (Å²) in [4.78, 5) is 13.3. The molecule has 0 atom stereocenters. The number of rotatable bonds is 1. The van der Waals surface area contributed by atoms with Crippen LogP contribution in [-0.4, -0.2) is 83.3 Å². The molecule has 0 radical (unpaired) electrons. The first-order valence-electron chi connectivity index (χ1n) is 6.63. The van der Waals surface area contributed by atoms with Gasteiger partial charge in [-0.3, -0.25) is 4.79 Å². The van der Waals surface area contributed by atoms with Gasteiger partial charge in [0, 0.05) is 13.1 Å². The topological polar surface area (TPSA) is 83.3 Å². The van der Waals surface area contributed by atoms with Gasteiger partial charge in [0.25, 0.3) is 0 Å². The van der Waals surface area contributed by atoms with Crippen molar-refractivity contribution in [2.45, 2.75) is 0 Å². The number of carbonyl (C=O) groups excluding carboxylic acids is 1. The van der Waals surface area contributed by atoms with E-state index in [-0.39, 0.29) is 12.5 Å². The monoisotopic (exact) mass is 276 g/mol. The molecule has 1 fully saturated rings. The van der Waals surface area contributed by atoms with Crippen LogP contribution in [0.1, 0.15) is 0 Å². The van der Waals surface area contributed by atoms with Crippen molar-refractivity contribution in [3.63, 3.8) is 0 Å². The SMILES string of the molecule is NCC(=O)N1CCOCCOCCOCCOCC1. The number of nitrogens with two attached hydrogens (primary N) is 1. The van der Waals surface area contributed by atoms with E-state index in [1.54, 1.807) is 4.90 Å². The quantitative estimate of drug-likeness (QED) is 0.651. The molecule has 0 unspecified atom stereocenters. The maximum atomic E-state index is 11.6. The summed E-state index contributed by atoms with van der Waals surface area (Å²) < 4.78 is 21.4. The maximum Gasteiger partial charge on any atom is 0.236 e. The summed E-state index contributed by atoms with van der Waals surface area (Å²) in [5.41, 5.74) is 5.37. The van der Waals surface area contributed by atoms with Crippen LogP contribution in [-0.2, 0) is 23.7 Å². The summed E-state index contributed by atoms with van der Waals surface area (Å²) in [7, 11) is 0. The average Bonchev–Trinajstić information content (AvgIpc) is 2.44. The summed E-state index contributed by atoms with van der Waals surface area (Å²) in [6, 6.07) is 0. The van der Waals surface area contributed by atoms with Crippen molar-refractivity contribution in [3.05, 3.63) is 0 Å². The predicted octanol–water partition coefficient (Wildman–Crippen LogP) is -1.15. The first-order valence-corrected chi connectivity index (χ1v) is 6.63. The minimum absolute atomic E-state index is 0.00617. The molecular formula is C12H24N2O5. The molecule has 1 heterocycles. The van der Waals surface area contributed by atoms with Crippen molar-refractivity contribution in [3.8, 4) is 0 Å². The van der Waals surface area contributed by atoms with E-state index >= 15 is 0 Å². The summed E-state index contributed by atoms with van der Waals surface area (Å²) in [5.74, 6) is -0.0935. The van der Waals surface area contributed by atoms with E-state index in [0.29, 0.717) is 65.9 Å². The van der Waals surface area contributed by atoms with Gasteiger partial charge in [0.1, 0.15) is 0 Å². The van der Waals surface area contributed by atoms with Gasteiger partial charge in [0.2, 0.25) is 5.91 Å². The number of hydrogen-bond acceptors (Lipinski definition) is 6. The lowest BCUT2D eigenvalue weighted by Gasteiger charge is -2.21. The average molecular weight is 276 g/mol. The Hall–Kier alpha value is -0.730. The van der Waals surface area contributed by atoms with Gasteiger partial charge in [0.05, 0.1) is 59.4 Å². The van der Waals surface area contributed by atoms with Gasteiger partial charge in [-0.1, -0.05) is 0 Å². The standard InChI is InChI=1S/C12H24N2O5/c13-11-12(15)14-1-3-16-5-7-18-9-10-19-8-6-17-4-2-14/h1-11,13H2. The molecule has 1 aliphatic heterocycles. The van der Waals surface area contributed by atoms with Crippen molar-refractivity contribution >= 4 is 5.91 Å². The van der Waals surface area contributed by atoms with Gasteiger partial charge in [0.15, 0.2) is 0 Å². The highest BCUT2D eigenvalue weighted by Crippen LogP contribution is 1.92. The second-order valence-corrected chi connectivity index (χ2v) is 4.03. The fourth-order valence-corrected chi connectivity index (χ4v) is 1.60. The summed E-state index contributed by atoms with van der Waals surface area (Å²) in [6.45, 7) is 5.22. The molecule has 1 rings (SSSR count). The molecule has 19 heavy (non-hydrogen) atoms. The minimum atomic E-state index is -0.0935. The van der Waals surface area contributed by atoms with Crippen LogP contribution in [0.15, 0.2) is 0 Å². The summed E-state index contributed by atoms with van der Waals surface area (Å²) >= 11 is 0. The van der Waals surface area contributed by atoms with E-state index in [0.717, 1.165) is 0 Å². The number of amides is 1. The molecule has 0 aromatic rings. The van der Waals surface area contributed by atoms with Gasteiger partial charge in [-0.2, -0.15) is 0 Å². The Morgan fingerprint density at radius 1 is 0.789 bits per heavy atom. The highest BCUT2D eigenvalue weighted by Gasteiger charge is 2.11. The van der Waals surface area contributed by atoms with Crippen molar-refractivity contribution in [2.75, 3.05) is 72.5 Å². The third-order valence-corrected chi connectivity index (χ3v) is 2.65. The zero-order valence-electron chi connectivity index (χ0n) is 11.3. The van der Waals surface area contributed by atoms with E-state index in [4.69, 9.17) is 24.7 Å². The van der Waals surface area contributed by atoms with Crippen LogP contribution in [0.5, 0.6) is 0 Å². The van der Waals surface area contributed by atoms with Gasteiger partial charge in [-0.05, 0) is 0 Å². The van der Waals surface area contributed by atoms with Crippen molar-refractivity contribution in [1.29, 1.82) is 0 Å². The smallest absolute Gasteiger partial charge is 0.236 e. The normalized spacial score (nSPS) is 21.4. The number of nitrogens with zero attached hydrogens (tertiary/aromatic N) is 1.